The van der Waals surface area contributed by atoms with E-state index in [2.05, 4.69) is 0 Å². The summed E-state index contributed by atoms with van der Waals surface area (Å²) < 4.78 is 11.2. The van der Waals surface area contributed by atoms with Gasteiger partial charge in [-0.05, 0) is 12.8 Å². The van der Waals surface area contributed by atoms with E-state index in [4.69, 9.17) is 9.79 Å². The smallest absolute Gasteiger partial charge is 0.326 e. The summed E-state index contributed by atoms with van der Waals surface area (Å²) in [4.78, 5) is 52.7. The minimum absolute atomic E-state index is 0.154. The van der Waals surface area contributed by atoms with Crippen molar-refractivity contribution in [2.45, 2.75) is 33.1 Å². The number of rotatable bonds is 10. The first-order valence-electron chi connectivity index (χ1n) is 6.67. The molecule has 3 atom stereocenters. The van der Waals surface area contributed by atoms with Crippen molar-refractivity contribution in [1.29, 1.82) is 0 Å². The largest absolute Gasteiger partial charge is 0.481 e. The predicted molar refractivity (Wildman–Crippen MR) is 74.4 cm³/mol. The van der Waals surface area contributed by atoms with Gasteiger partial charge in [0.2, 0.25) is 0 Å². The zero-order valence-electron chi connectivity index (χ0n) is 12.3. The highest BCUT2D eigenvalue weighted by Crippen LogP contribution is 2.49. The van der Waals surface area contributed by atoms with E-state index >= 15 is 0 Å². The first-order valence-corrected chi connectivity index (χ1v) is 8.47. The second kappa shape index (κ2) is 7.71. The highest BCUT2D eigenvalue weighted by atomic mass is 31.2. The van der Waals surface area contributed by atoms with Gasteiger partial charge in [-0.2, -0.15) is 0 Å². The number of aliphatic carboxylic acids is 3. The monoisotopic (exact) mass is 340 g/mol. The van der Waals surface area contributed by atoms with Crippen LogP contribution >= 0.6 is 7.60 Å². The minimum atomic E-state index is -4.85. The van der Waals surface area contributed by atoms with Gasteiger partial charge in [-0.25, -0.2) is 0 Å². The Kier molecular flexibility index (Phi) is 7.21. The molecule has 0 saturated heterocycles. The molecule has 0 aromatic rings. The summed E-state index contributed by atoms with van der Waals surface area (Å²) >= 11 is 0. The van der Waals surface area contributed by atoms with Crippen LogP contribution in [0.15, 0.2) is 0 Å². The third kappa shape index (κ3) is 4.53. The van der Waals surface area contributed by atoms with Crippen molar-refractivity contribution in [3.8, 4) is 0 Å². The molecule has 0 fully saturated rings. The van der Waals surface area contributed by atoms with E-state index in [0.29, 0.717) is 0 Å². The van der Waals surface area contributed by atoms with Crippen LogP contribution in [0.5, 0.6) is 0 Å². The molecule has 5 N–H and O–H groups in total. The van der Waals surface area contributed by atoms with Gasteiger partial charge >= 0.3 is 25.5 Å². The van der Waals surface area contributed by atoms with Crippen LogP contribution in [0.4, 0.5) is 0 Å². The summed E-state index contributed by atoms with van der Waals surface area (Å²) in [5, 5.41) is 28.1. The molecule has 0 aliphatic carbocycles. The van der Waals surface area contributed by atoms with Crippen LogP contribution in [0.1, 0.15) is 33.1 Å². The maximum Gasteiger partial charge on any atom is 0.326 e. The summed E-state index contributed by atoms with van der Waals surface area (Å²) in [6.07, 6.45) is -1.56. The van der Waals surface area contributed by atoms with Crippen LogP contribution in [-0.2, 0) is 18.9 Å². The predicted octanol–water partition coefficient (Wildman–Crippen LogP) is 0.847. The molecule has 10 heteroatoms. The molecule has 0 rings (SSSR count). The quantitative estimate of drug-likeness (QED) is 0.362. The fourth-order valence-corrected chi connectivity index (χ4v) is 3.83. The molecule has 0 spiro atoms. The number of carbonyl (C=O) groups is 3. The second-order valence-corrected chi connectivity index (χ2v) is 6.83. The van der Waals surface area contributed by atoms with Crippen LogP contribution in [-0.4, -0.2) is 49.2 Å². The molecule has 0 saturated carbocycles. The second-order valence-electron chi connectivity index (χ2n) is 5.13. The van der Waals surface area contributed by atoms with Crippen molar-refractivity contribution in [1.82, 2.24) is 0 Å². The molecule has 0 aromatic carbocycles. The van der Waals surface area contributed by atoms with Crippen LogP contribution in [0.25, 0.3) is 0 Å². The highest BCUT2D eigenvalue weighted by Gasteiger charge is 2.57. The fourth-order valence-electron chi connectivity index (χ4n) is 2.87. The summed E-state index contributed by atoms with van der Waals surface area (Å²) in [5.74, 6) is -8.50. The minimum Gasteiger partial charge on any atom is -0.481 e. The van der Waals surface area contributed by atoms with Gasteiger partial charge in [0.1, 0.15) is 0 Å². The van der Waals surface area contributed by atoms with Gasteiger partial charge in [0.05, 0.1) is 23.4 Å². The Morgan fingerprint density at radius 2 is 1.45 bits per heavy atom. The third-order valence-electron chi connectivity index (χ3n) is 3.73. The first-order chi connectivity index (χ1) is 9.93. The van der Waals surface area contributed by atoms with Gasteiger partial charge in [0.25, 0.3) is 0 Å². The van der Waals surface area contributed by atoms with Crippen molar-refractivity contribution < 1.29 is 44.1 Å². The van der Waals surface area contributed by atoms with E-state index in [-0.39, 0.29) is 19.3 Å². The van der Waals surface area contributed by atoms with Gasteiger partial charge in [-0.1, -0.05) is 20.3 Å². The topological polar surface area (TPSA) is 169 Å². The normalized spacial score (nSPS) is 17.3. The molecule has 0 aliphatic rings. The summed E-state index contributed by atoms with van der Waals surface area (Å²) in [6, 6.07) is 0. The number of hydrogen-bond acceptors (Lipinski definition) is 4. The van der Waals surface area contributed by atoms with E-state index in [9.17, 15) is 34.3 Å². The number of hydrogen-bond donors (Lipinski definition) is 5. The standard InChI is InChI=1S/C12H21O9P/c1-3-5-12(11(17)18,7(4-2)9(13)14)8(10(15)16)6-22(19,20)21/h7-8H,3-6H2,1-2H3,(H,13,14)(H,15,16)(H,17,18)(H2,19,20,21). The maximum atomic E-state index is 11.8. The molecule has 0 aliphatic heterocycles. The van der Waals surface area contributed by atoms with E-state index in [0.717, 1.165) is 0 Å². The van der Waals surface area contributed by atoms with Gasteiger partial charge in [-0.3, -0.25) is 18.9 Å². The molecule has 0 bridgehead atoms. The Labute approximate surface area is 127 Å². The Bertz CT molecular complexity index is 483. The van der Waals surface area contributed by atoms with E-state index in [1.54, 1.807) is 6.92 Å². The van der Waals surface area contributed by atoms with Gasteiger partial charge in [0.15, 0.2) is 0 Å². The molecule has 3 unspecified atom stereocenters. The van der Waals surface area contributed by atoms with Crippen molar-refractivity contribution >= 4 is 25.5 Å². The molecule has 128 valence electrons. The first kappa shape index (κ1) is 20.6. The summed E-state index contributed by atoms with van der Waals surface area (Å²) in [7, 11) is -4.85. The van der Waals surface area contributed by atoms with Crippen molar-refractivity contribution in [2.24, 2.45) is 17.3 Å². The maximum absolute atomic E-state index is 11.8. The number of carboxylic acids is 3. The van der Waals surface area contributed by atoms with Crippen molar-refractivity contribution in [3.05, 3.63) is 0 Å². The SMILES string of the molecule is CCCC(C(=O)O)(C(CC)C(=O)O)C(CP(=O)(O)O)C(=O)O. The molecule has 9 nitrogen and oxygen atoms in total. The van der Waals surface area contributed by atoms with Crippen LogP contribution in [0.2, 0.25) is 0 Å². The lowest BCUT2D eigenvalue weighted by molar-refractivity contribution is -0.174. The number of carboxylic acid groups (broad SMARTS) is 3. The molecule has 0 heterocycles. The molecule has 0 aromatic heterocycles. The zero-order chi connectivity index (χ0) is 17.7. The Hall–Kier alpha value is -1.44. The van der Waals surface area contributed by atoms with Crippen molar-refractivity contribution in [3.63, 3.8) is 0 Å². The third-order valence-corrected chi connectivity index (χ3v) is 4.57. The molecular weight excluding hydrogens is 319 g/mol. The summed E-state index contributed by atoms with van der Waals surface area (Å²) in [6.45, 7) is 2.94. The van der Waals surface area contributed by atoms with Crippen LogP contribution < -0.4 is 0 Å². The molecule has 0 radical (unpaired) electrons. The van der Waals surface area contributed by atoms with E-state index in [1.807, 2.05) is 0 Å². The Morgan fingerprint density at radius 1 is 1.00 bits per heavy atom. The lowest BCUT2D eigenvalue weighted by Crippen LogP contribution is -2.52. The lowest BCUT2D eigenvalue weighted by Gasteiger charge is -2.39. The Morgan fingerprint density at radius 3 is 1.68 bits per heavy atom. The zero-order valence-corrected chi connectivity index (χ0v) is 13.2. The summed E-state index contributed by atoms with van der Waals surface area (Å²) in [5.41, 5.74) is -2.29. The fraction of sp³-hybridized carbons (Fsp3) is 0.750. The van der Waals surface area contributed by atoms with E-state index < -0.39 is 48.9 Å². The molecular formula is C12H21O9P. The lowest BCUT2D eigenvalue weighted by atomic mass is 9.63. The van der Waals surface area contributed by atoms with Gasteiger partial charge < -0.3 is 25.1 Å². The van der Waals surface area contributed by atoms with Gasteiger partial charge in [-0.15, -0.1) is 0 Å². The highest BCUT2D eigenvalue weighted by molar-refractivity contribution is 7.51. The average molecular weight is 340 g/mol. The van der Waals surface area contributed by atoms with E-state index in [1.165, 1.54) is 6.92 Å². The van der Waals surface area contributed by atoms with Crippen LogP contribution in [0, 0.1) is 17.3 Å². The van der Waals surface area contributed by atoms with Crippen molar-refractivity contribution in [2.75, 3.05) is 6.16 Å². The average Bonchev–Trinajstić information content (AvgIpc) is 2.33. The van der Waals surface area contributed by atoms with Gasteiger partial charge in [0, 0.05) is 0 Å². The molecule has 22 heavy (non-hydrogen) atoms. The Balaban J connectivity index is 6.30. The van der Waals surface area contributed by atoms with Crippen LogP contribution in [0.3, 0.4) is 0 Å². The molecule has 0 amide bonds.